The van der Waals surface area contributed by atoms with Gasteiger partial charge in [-0.2, -0.15) is 0 Å². The predicted molar refractivity (Wildman–Crippen MR) is 94.9 cm³/mol. The molecule has 2 aromatic rings. The van der Waals surface area contributed by atoms with E-state index in [1.165, 1.54) is 26.4 Å². The molecular weight excluding hydrogens is 322 g/mol. The van der Waals surface area contributed by atoms with Gasteiger partial charge >= 0.3 is 11.9 Å². The zero-order valence-corrected chi connectivity index (χ0v) is 14.5. The van der Waals surface area contributed by atoms with E-state index in [1.807, 2.05) is 43.3 Å². The topological polar surface area (TPSA) is 81.1 Å². The second-order valence-corrected chi connectivity index (χ2v) is 5.32. The monoisotopic (exact) mass is 341 g/mol. The van der Waals surface area contributed by atoms with E-state index >= 15 is 0 Å². The Labute approximate surface area is 145 Å². The van der Waals surface area contributed by atoms with Crippen molar-refractivity contribution in [3.05, 3.63) is 53.3 Å². The molecule has 0 spiro atoms. The highest BCUT2D eigenvalue weighted by molar-refractivity contribution is 5.95. The summed E-state index contributed by atoms with van der Waals surface area (Å²) in [4.78, 5) is 33.7. The SMILES string of the molecule is COC(=O)c1cc(C=Nc2ccc(N(C)C)cc2)cc(C(=O)OC)n1. The van der Waals surface area contributed by atoms with Crippen LogP contribution in [0.5, 0.6) is 0 Å². The molecule has 0 radical (unpaired) electrons. The highest BCUT2D eigenvalue weighted by atomic mass is 16.5. The lowest BCUT2D eigenvalue weighted by Gasteiger charge is -2.11. The van der Waals surface area contributed by atoms with Crippen molar-refractivity contribution in [3.8, 4) is 0 Å². The maximum atomic E-state index is 11.7. The van der Waals surface area contributed by atoms with Crippen LogP contribution in [0, 0.1) is 0 Å². The molecule has 0 amide bonds. The van der Waals surface area contributed by atoms with Crippen LogP contribution >= 0.6 is 0 Å². The first-order valence-electron chi connectivity index (χ1n) is 7.44. The van der Waals surface area contributed by atoms with Crippen LogP contribution in [0.3, 0.4) is 0 Å². The number of pyridine rings is 1. The van der Waals surface area contributed by atoms with Crippen molar-refractivity contribution in [2.45, 2.75) is 0 Å². The lowest BCUT2D eigenvalue weighted by atomic mass is 10.2. The van der Waals surface area contributed by atoms with E-state index < -0.39 is 11.9 Å². The minimum atomic E-state index is -0.643. The third-order valence-corrected chi connectivity index (χ3v) is 3.37. The Balaban J connectivity index is 2.33. The van der Waals surface area contributed by atoms with E-state index in [9.17, 15) is 9.59 Å². The second kappa shape index (κ2) is 8.05. The molecule has 1 heterocycles. The minimum absolute atomic E-state index is 0.00908. The number of methoxy groups -OCH3 is 2. The molecule has 1 aromatic heterocycles. The summed E-state index contributed by atoms with van der Waals surface area (Å²) in [7, 11) is 6.40. The third-order valence-electron chi connectivity index (χ3n) is 3.37. The van der Waals surface area contributed by atoms with Gasteiger partial charge < -0.3 is 14.4 Å². The number of benzene rings is 1. The highest BCUT2D eigenvalue weighted by Gasteiger charge is 2.15. The molecule has 0 fully saturated rings. The Morgan fingerprint density at radius 1 is 1.00 bits per heavy atom. The van der Waals surface area contributed by atoms with Gasteiger partial charge in [0, 0.05) is 26.0 Å². The van der Waals surface area contributed by atoms with Gasteiger partial charge in [-0.25, -0.2) is 14.6 Å². The number of anilines is 1. The maximum absolute atomic E-state index is 11.7. The van der Waals surface area contributed by atoms with Crippen LogP contribution in [0.2, 0.25) is 0 Å². The number of aromatic nitrogens is 1. The minimum Gasteiger partial charge on any atom is -0.464 e. The van der Waals surface area contributed by atoms with Crippen LogP contribution in [0.15, 0.2) is 41.4 Å². The van der Waals surface area contributed by atoms with Crippen molar-refractivity contribution in [1.82, 2.24) is 4.98 Å². The smallest absolute Gasteiger partial charge is 0.356 e. The number of carbonyl (C=O) groups is 2. The van der Waals surface area contributed by atoms with Gasteiger partial charge in [-0.05, 0) is 42.0 Å². The fourth-order valence-electron chi connectivity index (χ4n) is 2.03. The summed E-state index contributed by atoms with van der Waals surface area (Å²) in [6, 6.07) is 10.6. The summed E-state index contributed by atoms with van der Waals surface area (Å²) in [6.07, 6.45) is 1.55. The summed E-state index contributed by atoms with van der Waals surface area (Å²) in [6.45, 7) is 0. The van der Waals surface area contributed by atoms with Crippen molar-refractivity contribution in [2.24, 2.45) is 4.99 Å². The normalized spacial score (nSPS) is 10.6. The summed E-state index contributed by atoms with van der Waals surface area (Å²) >= 11 is 0. The second-order valence-electron chi connectivity index (χ2n) is 5.32. The van der Waals surface area contributed by atoms with E-state index in [0.29, 0.717) is 5.56 Å². The van der Waals surface area contributed by atoms with Gasteiger partial charge in [0.2, 0.25) is 0 Å². The molecule has 0 unspecified atom stereocenters. The van der Waals surface area contributed by atoms with Gasteiger partial charge in [-0.1, -0.05) is 0 Å². The van der Waals surface area contributed by atoms with Gasteiger partial charge in [0.1, 0.15) is 11.4 Å². The average molecular weight is 341 g/mol. The fraction of sp³-hybridized carbons (Fsp3) is 0.222. The third kappa shape index (κ3) is 4.63. The highest BCUT2D eigenvalue weighted by Crippen LogP contribution is 2.18. The molecule has 0 aliphatic heterocycles. The van der Waals surface area contributed by atoms with Gasteiger partial charge in [0.25, 0.3) is 0 Å². The van der Waals surface area contributed by atoms with Crippen molar-refractivity contribution in [3.63, 3.8) is 0 Å². The summed E-state index contributed by atoms with van der Waals surface area (Å²) in [5, 5.41) is 0. The van der Waals surface area contributed by atoms with Crippen LogP contribution in [0.4, 0.5) is 11.4 Å². The number of nitrogens with zero attached hydrogens (tertiary/aromatic N) is 3. The summed E-state index contributed by atoms with van der Waals surface area (Å²) in [5.41, 5.74) is 2.35. The van der Waals surface area contributed by atoms with Gasteiger partial charge in [-0.15, -0.1) is 0 Å². The Hall–Kier alpha value is -3.22. The molecule has 7 heteroatoms. The number of carbonyl (C=O) groups excluding carboxylic acids is 2. The van der Waals surface area contributed by atoms with E-state index in [4.69, 9.17) is 0 Å². The maximum Gasteiger partial charge on any atom is 0.356 e. The molecule has 130 valence electrons. The molecule has 0 aliphatic rings. The number of esters is 2. The zero-order chi connectivity index (χ0) is 18.4. The van der Waals surface area contributed by atoms with Crippen LogP contribution in [0.1, 0.15) is 26.5 Å². The Kier molecular flexibility index (Phi) is 5.84. The number of aliphatic imine (C=N–C) groups is 1. The van der Waals surface area contributed by atoms with Crippen LogP contribution in [0.25, 0.3) is 0 Å². The van der Waals surface area contributed by atoms with Crippen LogP contribution in [-0.2, 0) is 9.47 Å². The Morgan fingerprint density at radius 2 is 1.52 bits per heavy atom. The molecule has 0 saturated carbocycles. The number of rotatable bonds is 5. The molecule has 0 bridgehead atoms. The fourth-order valence-corrected chi connectivity index (χ4v) is 2.03. The molecule has 2 rings (SSSR count). The zero-order valence-electron chi connectivity index (χ0n) is 14.5. The largest absolute Gasteiger partial charge is 0.464 e. The first kappa shape index (κ1) is 18.1. The molecule has 0 atom stereocenters. The van der Waals surface area contributed by atoms with Gasteiger partial charge in [0.15, 0.2) is 0 Å². The van der Waals surface area contributed by atoms with Crippen LogP contribution in [-0.4, -0.2) is 51.5 Å². The van der Waals surface area contributed by atoms with E-state index in [1.54, 1.807) is 6.21 Å². The van der Waals surface area contributed by atoms with Gasteiger partial charge in [-0.3, -0.25) is 4.99 Å². The first-order valence-corrected chi connectivity index (χ1v) is 7.44. The number of hydrogen-bond acceptors (Lipinski definition) is 7. The molecule has 0 saturated heterocycles. The molecular formula is C18H19N3O4. The first-order chi connectivity index (χ1) is 11.9. The Bertz CT molecular complexity index is 764. The summed E-state index contributed by atoms with van der Waals surface area (Å²) in [5.74, 6) is -1.29. The number of ether oxygens (including phenoxy) is 2. The predicted octanol–water partition coefficient (Wildman–Crippen LogP) is 2.47. The molecule has 0 aliphatic carbocycles. The summed E-state index contributed by atoms with van der Waals surface area (Å²) < 4.78 is 9.31. The van der Waals surface area contributed by atoms with Crippen molar-refractivity contribution in [2.75, 3.05) is 33.2 Å². The average Bonchev–Trinajstić information content (AvgIpc) is 2.65. The van der Waals surface area contributed by atoms with Gasteiger partial charge in [0.05, 0.1) is 19.9 Å². The number of hydrogen-bond donors (Lipinski definition) is 0. The lowest BCUT2D eigenvalue weighted by Crippen LogP contribution is -2.11. The van der Waals surface area contributed by atoms with E-state index in [2.05, 4.69) is 19.5 Å². The molecule has 0 N–H and O–H groups in total. The lowest BCUT2D eigenvalue weighted by molar-refractivity contribution is 0.0586. The quantitative estimate of drug-likeness (QED) is 0.614. The molecule has 7 nitrogen and oxygen atoms in total. The molecule has 25 heavy (non-hydrogen) atoms. The van der Waals surface area contributed by atoms with E-state index in [0.717, 1.165) is 11.4 Å². The molecule has 1 aromatic carbocycles. The van der Waals surface area contributed by atoms with Crippen molar-refractivity contribution < 1.29 is 19.1 Å². The Morgan fingerprint density at radius 3 is 1.96 bits per heavy atom. The van der Waals surface area contributed by atoms with E-state index in [-0.39, 0.29) is 11.4 Å². The van der Waals surface area contributed by atoms with Crippen LogP contribution < -0.4 is 4.90 Å². The standard InChI is InChI=1S/C18H19N3O4/c1-21(2)14-7-5-13(6-8-14)19-11-12-9-15(17(22)24-3)20-16(10-12)18(23)25-4/h5-11H,1-4H3. The van der Waals surface area contributed by atoms with Crippen molar-refractivity contribution >= 4 is 29.5 Å². The van der Waals surface area contributed by atoms with Crippen molar-refractivity contribution in [1.29, 1.82) is 0 Å².